The summed E-state index contributed by atoms with van der Waals surface area (Å²) in [4.78, 5) is 35.5. The van der Waals surface area contributed by atoms with Crippen LogP contribution in [0.15, 0.2) is 53.0 Å². The highest BCUT2D eigenvalue weighted by atomic mass is 16.6. The molecule has 1 aliphatic carbocycles. The summed E-state index contributed by atoms with van der Waals surface area (Å²) >= 11 is 0. The molecule has 2 aromatic carbocycles. The third kappa shape index (κ3) is 3.33. The monoisotopic (exact) mass is 546 g/mol. The number of para-hydroxylation sites is 1. The lowest BCUT2D eigenvalue weighted by atomic mass is 9.43. The Labute approximate surface area is 233 Å². The molecule has 3 bridgehead atoms. The van der Waals surface area contributed by atoms with Gasteiger partial charge in [0.05, 0.1) is 51.1 Å². The molecule has 0 N–H and O–H groups in total. The van der Waals surface area contributed by atoms with E-state index < -0.39 is 16.8 Å². The summed E-state index contributed by atoms with van der Waals surface area (Å²) in [7, 11) is 5.89. The van der Waals surface area contributed by atoms with Gasteiger partial charge in [-0.3, -0.25) is 14.7 Å². The number of piperidine rings is 2. The van der Waals surface area contributed by atoms with Gasteiger partial charge in [-0.05, 0) is 43.5 Å². The molecule has 0 spiro atoms. The minimum atomic E-state index is -1.19. The maximum absolute atomic E-state index is 14.3. The summed E-state index contributed by atoms with van der Waals surface area (Å²) in [6.45, 7) is 3.41. The number of allylic oxidation sites excluding steroid dienone is 1. The lowest BCUT2D eigenvalue weighted by Gasteiger charge is -2.64. The van der Waals surface area contributed by atoms with Crippen LogP contribution in [0.4, 0.5) is 5.69 Å². The number of benzene rings is 2. The normalized spacial score (nSPS) is 28.8. The van der Waals surface area contributed by atoms with Crippen molar-refractivity contribution in [2.24, 2.45) is 16.3 Å². The molecule has 3 aliphatic heterocycles. The molecule has 2 unspecified atom stereocenters. The first-order chi connectivity index (χ1) is 19.4. The van der Waals surface area contributed by atoms with E-state index >= 15 is 0 Å². The van der Waals surface area contributed by atoms with Crippen molar-refractivity contribution in [3.63, 3.8) is 0 Å². The van der Waals surface area contributed by atoms with E-state index in [9.17, 15) is 9.59 Å². The Kier molecular flexibility index (Phi) is 6.37. The number of aliphatic imine (C=N–C) groups is 1. The molecule has 0 aromatic heterocycles. The van der Waals surface area contributed by atoms with Crippen LogP contribution in [0.3, 0.4) is 0 Å². The third-order valence-electron chi connectivity index (χ3n) is 9.47. The van der Waals surface area contributed by atoms with Gasteiger partial charge in [0.15, 0.2) is 11.5 Å². The fourth-order valence-electron chi connectivity index (χ4n) is 7.77. The van der Waals surface area contributed by atoms with Crippen molar-refractivity contribution in [2.45, 2.75) is 31.2 Å². The van der Waals surface area contributed by atoms with Gasteiger partial charge >= 0.3 is 11.9 Å². The van der Waals surface area contributed by atoms with E-state index in [1.54, 1.807) is 12.1 Å². The summed E-state index contributed by atoms with van der Waals surface area (Å²) < 4.78 is 28.0. The maximum atomic E-state index is 14.3. The van der Waals surface area contributed by atoms with E-state index in [0.29, 0.717) is 30.1 Å². The zero-order chi connectivity index (χ0) is 28.2. The highest BCUT2D eigenvalue weighted by Gasteiger charge is 2.74. The molecule has 2 saturated heterocycles. The fourth-order valence-corrected chi connectivity index (χ4v) is 7.77. The molecule has 6 rings (SSSR count). The highest BCUT2D eigenvalue weighted by Crippen LogP contribution is 2.66. The van der Waals surface area contributed by atoms with Crippen LogP contribution in [0.1, 0.15) is 35.7 Å². The Morgan fingerprint density at radius 2 is 1.80 bits per heavy atom. The van der Waals surface area contributed by atoms with Gasteiger partial charge in [0.1, 0.15) is 12.0 Å². The van der Waals surface area contributed by atoms with Crippen LogP contribution < -0.4 is 14.2 Å². The van der Waals surface area contributed by atoms with Crippen molar-refractivity contribution in [3.8, 4) is 17.2 Å². The lowest BCUT2D eigenvalue weighted by molar-refractivity contribution is -0.170. The molecule has 3 heterocycles. The predicted molar refractivity (Wildman–Crippen MR) is 148 cm³/mol. The average molecular weight is 547 g/mol. The molecular weight excluding hydrogens is 512 g/mol. The molecule has 9 heteroatoms. The third-order valence-corrected chi connectivity index (χ3v) is 9.47. The van der Waals surface area contributed by atoms with Crippen LogP contribution in [0.2, 0.25) is 0 Å². The molecule has 40 heavy (non-hydrogen) atoms. The van der Waals surface area contributed by atoms with E-state index in [1.165, 1.54) is 28.4 Å². The highest BCUT2D eigenvalue weighted by molar-refractivity contribution is 6.11. The van der Waals surface area contributed by atoms with Crippen LogP contribution in [0.25, 0.3) is 0 Å². The van der Waals surface area contributed by atoms with Gasteiger partial charge in [0.2, 0.25) is 5.75 Å². The number of hydrogen-bond donors (Lipinski definition) is 0. The smallest absolute Gasteiger partial charge is 0.338 e. The van der Waals surface area contributed by atoms with Gasteiger partial charge < -0.3 is 23.7 Å². The number of carbonyl (C=O) groups excluding carboxylic acids is 2. The van der Waals surface area contributed by atoms with Crippen molar-refractivity contribution in [2.75, 3.05) is 48.1 Å². The molecule has 9 nitrogen and oxygen atoms in total. The first-order valence-electron chi connectivity index (χ1n) is 13.5. The van der Waals surface area contributed by atoms with E-state index in [-0.39, 0.29) is 30.1 Å². The van der Waals surface area contributed by atoms with Crippen molar-refractivity contribution in [1.29, 1.82) is 0 Å². The minimum Gasteiger partial charge on any atom is -0.493 e. The number of ether oxygens (including phenoxy) is 5. The maximum Gasteiger partial charge on any atom is 0.338 e. The summed E-state index contributed by atoms with van der Waals surface area (Å²) in [6, 6.07) is 11.3. The van der Waals surface area contributed by atoms with E-state index in [1.807, 2.05) is 25.1 Å². The molecule has 4 aliphatic rings. The summed E-state index contributed by atoms with van der Waals surface area (Å²) in [5.74, 6) is -0.103. The summed E-state index contributed by atoms with van der Waals surface area (Å²) in [5.41, 5.74) is 2.32. The fraction of sp³-hybridized carbons (Fsp3) is 0.452. The number of carbonyl (C=O) groups is 2. The van der Waals surface area contributed by atoms with Crippen molar-refractivity contribution >= 4 is 23.3 Å². The van der Waals surface area contributed by atoms with Gasteiger partial charge in [-0.25, -0.2) is 4.79 Å². The summed E-state index contributed by atoms with van der Waals surface area (Å²) in [6.07, 6.45) is 3.50. The van der Waals surface area contributed by atoms with Crippen LogP contribution in [0.5, 0.6) is 17.2 Å². The van der Waals surface area contributed by atoms with Crippen LogP contribution in [-0.2, 0) is 19.7 Å². The van der Waals surface area contributed by atoms with E-state index in [2.05, 4.69) is 17.0 Å². The van der Waals surface area contributed by atoms with Gasteiger partial charge in [-0.15, -0.1) is 0 Å². The molecular formula is C31H34N2O7. The first-order valence-corrected chi connectivity index (χ1v) is 13.5. The second-order valence-electron chi connectivity index (χ2n) is 10.8. The zero-order valence-corrected chi connectivity index (χ0v) is 23.5. The van der Waals surface area contributed by atoms with Gasteiger partial charge in [-0.1, -0.05) is 29.8 Å². The number of fused-ring (bicyclic) bond motifs is 2. The van der Waals surface area contributed by atoms with Crippen molar-refractivity contribution < 1.29 is 33.3 Å². The largest absolute Gasteiger partial charge is 0.493 e. The standard InChI is InChI=1S/C31H34N2O7/c1-6-18-16-33-12-11-30-20-9-7-8-10-22(20)32-27(30)23(33)15-21(18)31(30,29(35)39-5)17-40-28(34)19-13-24(36-2)26(38-4)25(14-19)37-3/h6-10,13-14,21,23H,11-12,15-17H2,1-5H3/b18-6-/t21?,23-,30+,31?/m0/s1. The Balaban J connectivity index is 1.49. The molecule has 210 valence electrons. The van der Waals surface area contributed by atoms with Gasteiger partial charge in [-0.2, -0.15) is 0 Å². The predicted octanol–water partition coefficient (Wildman–Crippen LogP) is 4.11. The van der Waals surface area contributed by atoms with Crippen molar-refractivity contribution in [1.82, 2.24) is 4.90 Å². The SMILES string of the molecule is C/C=C1/CN2CC[C@]34C(=Nc5ccccc53)[C@@H]2CC1C4(COC(=O)c1cc(OC)c(OC)c(OC)c1)C(=O)OC. The second-order valence-corrected chi connectivity index (χ2v) is 10.8. The number of rotatable bonds is 7. The lowest BCUT2D eigenvalue weighted by Crippen LogP contribution is -2.75. The number of methoxy groups -OCH3 is 4. The van der Waals surface area contributed by atoms with Crippen LogP contribution in [0, 0.1) is 11.3 Å². The first kappa shape index (κ1) is 26.4. The Morgan fingerprint density at radius 3 is 2.45 bits per heavy atom. The van der Waals surface area contributed by atoms with Gasteiger partial charge in [0.25, 0.3) is 0 Å². The topological polar surface area (TPSA) is 95.9 Å². The molecule has 0 radical (unpaired) electrons. The zero-order valence-electron chi connectivity index (χ0n) is 23.5. The minimum absolute atomic E-state index is 0.124. The van der Waals surface area contributed by atoms with Crippen molar-refractivity contribution in [3.05, 3.63) is 59.2 Å². The van der Waals surface area contributed by atoms with E-state index in [4.69, 9.17) is 28.7 Å². The Hall–Kier alpha value is -3.85. The molecule has 0 amide bonds. The van der Waals surface area contributed by atoms with Gasteiger partial charge in [0, 0.05) is 24.7 Å². The average Bonchev–Trinajstić information content (AvgIpc) is 3.36. The molecule has 4 atom stereocenters. The molecule has 3 fully saturated rings. The van der Waals surface area contributed by atoms with Crippen LogP contribution >= 0.6 is 0 Å². The van der Waals surface area contributed by atoms with Crippen LogP contribution in [-0.4, -0.2) is 76.7 Å². The molecule has 2 aromatic rings. The Bertz CT molecular complexity index is 1420. The van der Waals surface area contributed by atoms with E-state index in [0.717, 1.165) is 35.6 Å². The quantitative estimate of drug-likeness (QED) is 0.378. The summed E-state index contributed by atoms with van der Waals surface area (Å²) in [5, 5.41) is 0. The number of esters is 2. The molecule has 1 saturated carbocycles. The number of hydrogen-bond acceptors (Lipinski definition) is 9. The Morgan fingerprint density at radius 1 is 1.07 bits per heavy atom. The second kappa shape index (κ2) is 9.66. The number of nitrogens with zero attached hydrogens (tertiary/aromatic N) is 2.